The van der Waals surface area contributed by atoms with E-state index in [2.05, 4.69) is 26.0 Å². The molecule has 2 rings (SSSR count). The Morgan fingerprint density at radius 3 is 2.32 bits per heavy atom. The van der Waals surface area contributed by atoms with Crippen LogP contribution in [0.5, 0.6) is 5.75 Å². The van der Waals surface area contributed by atoms with Crippen LogP contribution in [0.2, 0.25) is 0 Å². The lowest BCUT2D eigenvalue weighted by Crippen LogP contribution is -2.40. The van der Waals surface area contributed by atoms with E-state index in [-0.39, 0.29) is 11.5 Å². The topological polar surface area (TPSA) is 27.7 Å². The minimum Gasteiger partial charge on any atom is -0.463 e. The molecule has 1 aromatic rings. The largest absolute Gasteiger partial charge is 0.463 e. The maximum Gasteiger partial charge on any atom is 0.204 e. The molecule has 1 unspecified atom stereocenters. The van der Waals surface area contributed by atoms with Crippen LogP contribution in [0.3, 0.4) is 0 Å². The number of hydrogen-bond acceptors (Lipinski definition) is 3. The van der Waals surface area contributed by atoms with Crippen LogP contribution in [-0.2, 0) is 9.47 Å². The summed E-state index contributed by atoms with van der Waals surface area (Å²) in [4.78, 5) is 0. The van der Waals surface area contributed by atoms with Crippen LogP contribution in [0.4, 0.5) is 0 Å². The molecule has 0 spiro atoms. The van der Waals surface area contributed by atoms with Gasteiger partial charge in [-0.25, -0.2) is 0 Å². The fraction of sp³-hybridized carbons (Fsp3) is 0.625. The zero-order valence-corrected chi connectivity index (χ0v) is 12.5. The summed E-state index contributed by atoms with van der Waals surface area (Å²) >= 11 is 0. The van der Waals surface area contributed by atoms with Crippen molar-refractivity contribution in [1.82, 2.24) is 0 Å². The van der Waals surface area contributed by atoms with Crippen molar-refractivity contribution in [3.05, 3.63) is 29.8 Å². The summed E-state index contributed by atoms with van der Waals surface area (Å²) in [5.74, 6) is 0.224. The fourth-order valence-corrected chi connectivity index (χ4v) is 2.42. The molecule has 0 N–H and O–H groups in total. The van der Waals surface area contributed by atoms with Gasteiger partial charge in [0, 0.05) is 25.9 Å². The van der Waals surface area contributed by atoms with Crippen molar-refractivity contribution in [2.75, 3.05) is 13.2 Å². The molecule has 0 radical (unpaired) electrons. The molecule has 1 aliphatic heterocycles. The monoisotopic (exact) mass is 264 g/mol. The summed E-state index contributed by atoms with van der Waals surface area (Å²) in [5.41, 5.74) is 1.44. The molecular weight excluding hydrogens is 240 g/mol. The van der Waals surface area contributed by atoms with Gasteiger partial charge in [0.1, 0.15) is 5.75 Å². The second-order valence-electron chi connectivity index (χ2n) is 6.18. The summed E-state index contributed by atoms with van der Waals surface area (Å²) < 4.78 is 17.0. The van der Waals surface area contributed by atoms with Gasteiger partial charge in [-0.15, -0.1) is 0 Å². The number of rotatable bonds is 5. The lowest BCUT2D eigenvalue weighted by atomic mass is 9.79. The van der Waals surface area contributed by atoms with Crippen LogP contribution in [0.25, 0.3) is 0 Å². The summed E-state index contributed by atoms with van der Waals surface area (Å²) in [7, 11) is 0. The lowest BCUT2D eigenvalue weighted by Gasteiger charge is -2.44. The van der Waals surface area contributed by atoms with Crippen molar-refractivity contribution in [2.45, 2.75) is 46.5 Å². The third-order valence-corrected chi connectivity index (χ3v) is 3.37. The van der Waals surface area contributed by atoms with Gasteiger partial charge < -0.3 is 14.2 Å². The molecule has 1 saturated heterocycles. The fourth-order valence-electron chi connectivity index (χ4n) is 2.42. The van der Waals surface area contributed by atoms with Gasteiger partial charge in [0.25, 0.3) is 0 Å². The average molecular weight is 264 g/mol. The van der Waals surface area contributed by atoms with Crippen molar-refractivity contribution in [3.63, 3.8) is 0 Å². The maximum atomic E-state index is 5.82. The predicted molar refractivity (Wildman–Crippen MR) is 75.2 cm³/mol. The standard InChI is InChI=1S/C16H24O3/c1-6-18-16(4,5)19-13-9-7-12(8-10-13)14-15(2,3)11-17-14/h7-10,14H,6,11H2,1-5H3. The number of hydrogen-bond donors (Lipinski definition) is 0. The van der Waals surface area contributed by atoms with Crippen LogP contribution in [0, 0.1) is 5.41 Å². The van der Waals surface area contributed by atoms with Crippen LogP contribution in [0.1, 0.15) is 46.3 Å². The van der Waals surface area contributed by atoms with Crippen LogP contribution in [-0.4, -0.2) is 19.0 Å². The van der Waals surface area contributed by atoms with Gasteiger partial charge >= 0.3 is 0 Å². The molecule has 1 aromatic carbocycles. The van der Waals surface area contributed by atoms with E-state index in [1.165, 1.54) is 5.56 Å². The van der Waals surface area contributed by atoms with Crippen molar-refractivity contribution in [2.24, 2.45) is 5.41 Å². The summed E-state index contributed by atoms with van der Waals surface area (Å²) in [5, 5.41) is 0. The summed E-state index contributed by atoms with van der Waals surface area (Å²) in [6.07, 6.45) is 0.196. The quantitative estimate of drug-likeness (QED) is 0.754. The first-order valence-electron chi connectivity index (χ1n) is 6.88. The van der Waals surface area contributed by atoms with Gasteiger partial charge in [0.2, 0.25) is 5.79 Å². The minimum atomic E-state index is -0.595. The van der Waals surface area contributed by atoms with E-state index >= 15 is 0 Å². The van der Waals surface area contributed by atoms with E-state index in [4.69, 9.17) is 14.2 Å². The van der Waals surface area contributed by atoms with E-state index < -0.39 is 5.79 Å². The van der Waals surface area contributed by atoms with Crippen molar-refractivity contribution in [1.29, 1.82) is 0 Å². The van der Waals surface area contributed by atoms with Crippen molar-refractivity contribution in [3.8, 4) is 5.75 Å². The summed E-state index contributed by atoms with van der Waals surface area (Å²) in [6, 6.07) is 8.10. The van der Waals surface area contributed by atoms with E-state index in [9.17, 15) is 0 Å². The third-order valence-electron chi connectivity index (χ3n) is 3.37. The first-order chi connectivity index (χ1) is 8.84. The molecule has 1 atom stereocenters. The van der Waals surface area contributed by atoms with E-state index in [0.717, 1.165) is 12.4 Å². The van der Waals surface area contributed by atoms with E-state index in [0.29, 0.717) is 6.61 Å². The number of ether oxygens (including phenoxy) is 3. The Morgan fingerprint density at radius 2 is 1.89 bits per heavy atom. The Kier molecular flexibility index (Phi) is 3.88. The Balaban J connectivity index is 2.03. The molecule has 106 valence electrons. The highest BCUT2D eigenvalue weighted by atomic mass is 16.7. The Morgan fingerprint density at radius 1 is 1.26 bits per heavy atom. The first-order valence-corrected chi connectivity index (χ1v) is 6.88. The van der Waals surface area contributed by atoms with Gasteiger partial charge in [-0.2, -0.15) is 0 Å². The highest BCUT2D eigenvalue weighted by Gasteiger charge is 2.40. The van der Waals surface area contributed by atoms with Gasteiger partial charge in [-0.3, -0.25) is 0 Å². The summed E-state index contributed by atoms with van der Waals surface area (Å²) in [6.45, 7) is 11.7. The van der Waals surface area contributed by atoms with Crippen molar-refractivity contribution < 1.29 is 14.2 Å². The SMILES string of the molecule is CCOC(C)(C)Oc1ccc(C2OCC2(C)C)cc1. The second kappa shape index (κ2) is 5.14. The van der Waals surface area contributed by atoms with Gasteiger partial charge in [0.05, 0.1) is 12.7 Å². The third kappa shape index (κ3) is 3.28. The molecule has 19 heavy (non-hydrogen) atoms. The molecule has 0 saturated carbocycles. The molecule has 3 nitrogen and oxygen atoms in total. The molecular formula is C16H24O3. The van der Waals surface area contributed by atoms with Crippen LogP contribution in [0.15, 0.2) is 24.3 Å². The van der Waals surface area contributed by atoms with E-state index in [1.54, 1.807) is 0 Å². The second-order valence-corrected chi connectivity index (χ2v) is 6.18. The highest BCUT2D eigenvalue weighted by Crippen LogP contribution is 2.45. The lowest BCUT2D eigenvalue weighted by molar-refractivity contribution is -0.172. The first kappa shape index (κ1) is 14.4. The molecule has 1 fully saturated rings. The predicted octanol–water partition coefficient (Wildman–Crippen LogP) is 3.94. The molecule has 0 bridgehead atoms. The molecule has 1 heterocycles. The maximum absolute atomic E-state index is 5.82. The number of benzene rings is 1. The van der Waals surface area contributed by atoms with Crippen LogP contribution >= 0.6 is 0 Å². The average Bonchev–Trinajstić information content (AvgIpc) is 2.30. The molecule has 3 heteroatoms. The zero-order chi connectivity index (χ0) is 14.1. The van der Waals surface area contributed by atoms with Gasteiger partial charge in [-0.05, 0) is 24.6 Å². The Hall–Kier alpha value is -1.06. The smallest absolute Gasteiger partial charge is 0.204 e. The van der Waals surface area contributed by atoms with Crippen molar-refractivity contribution >= 4 is 0 Å². The highest BCUT2D eigenvalue weighted by molar-refractivity contribution is 5.30. The van der Waals surface area contributed by atoms with Crippen LogP contribution < -0.4 is 4.74 Å². The molecule has 1 aliphatic rings. The molecule has 0 aromatic heterocycles. The normalized spacial score (nSPS) is 21.8. The molecule has 0 amide bonds. The van der Waals surface area contributed by atoms with E-state index in [1.807, 2.05) is 32.9 Å². The minimum absolute atomic E-state index is 0.196. The Labute approximate surface area is 115 Å². The van der Waals surface area contributed by atoms with Gasteiger partial charge in [0.15, 0.2) is 0 Å². The van der Waals surface area contributed by atoms with Gasteiger partial charge in [-0.1, -0.05) is 26.0 Å². The zero-order valence-electron chi connectivity index (χ0n) is 12.5. The molecule has 0 aliphatic carbocycles. The Bertz CT molecular complexity index is 420.